The predicted molar refractivity (Wildman–Crippen MR) is 44.5 cm³/mol. The Kier molecular flexibility index (Phi) is 3.63. The van der Waals surface area contributed by atoms with Crippen LogP contribution in [0, 0.1) is 5.92 Å². The second-order valence-electron chi connectivity index (χ2n) is 3.22. The lowest BCUT2D eigenvalue weighted by Crippen LogP contribution is -2.48. The Hall–Kier alpha value is 0.210. The highest BCUT2D eigenvalue weighted by Crippen LogP contribution is 2.21. The number of aliphatic hydroxyl groups is 1. The van der Waals surface area contributed by atoms with Crippen LogP contribution in [-0.2, 0) is 0 Å². The van der Waals surface area contributed by atoms with Gasteiger partial charge in [0.1, 0.15) is 0 Å². The lowest BCUT2D eigenvalue weighted by molar-refractivity contribution is -0.0115. The maximum Gasteiger partial charge on any atom is 0.0769 e. The Bertz CT molecular complexity index is 106. The molecule has 1 aliphatic heterocycles. The Labute approximate surface area is 68.4 Å². The van der Waals surface area contributed by atoms with Crippen LogP contribution >= 0.6 is 12.4 Å². The van der Waals surface area contributed by atoms with E-state index in [-0.39, 0.29) is 12.4 Å². The molecule has 0 aromatic heterocycles. The average Bonchev–Trinajstić information content (AvgIpc) is 1.77. The molecule has 10 heavy (non-hydrogen) atoms. The van der Waals surface area contributed by atoms with Crippen molar-refractivity contribution < 1.29 is 5.11 Å². The highest BCUT2D eigenvalue weighted by molar-refractivity contribution is 5.85. The van der Waals surface area contributed by atoms with Gasteiger partial charge in [0.05, 0.1) is 5.60 Å². The highest BCUT2D eigenvalue weighted by Gasteiger charge is 2.30. The second-order valence-corrected chi connectivity index (χ2v) is 3.22. The first-order valence-corrected chi connectivity index (χ1v) is 3.56. The van der Waals surface area contributed by atoms with E-state index in [0.717, 1.165) is 19.5 Å². The molecule has 0 saturated carbocycles. The molecule has 3 heteroatoms. The van der Waals surface area contributed by atoms with Crippen molar-refractivity contribution in [2.24, 2.45) is 5.92 Å². The summed E-state index contributed by atoms with van der Waals surface area (Å²) < 4.78 is 0. The summed E-state index contributed by atoms with van der Waals surface area (Å²) in [5.41, 5.74) is -0.474. The van der Waals surface area contributed by atoms with Crippen molar-refractivity contribution in [2.75, 3.05) is 13.1 Å². The van der Waals surface area contributed by atoms with Crippen LogP contribution in [-0.4, -0.2) is 23.8 Å². The van der Waals surface area contributed by atoms with E-state index in [1.165, 1.54) is 0 Å². The molecular formula is C7H16ClNO. The van der Waals surface area contributed by atoms with Crippen LogP contribution in [0.3, 0.4) is 0 Å². The van der Waals surface area contributed by atoms with E-state index >= 15 is 0 Å². The van der Waals surface area contributed by atoms with Crippen molar-refractivity contribution in [3.8, 4) is 0 Å². The van der Waals surface area contributed by atoms with Gasteiger partial charge in [-0.2, -0.15) is 0 Å². The number of β-amino-alcohol motifs (C(OH)–C–C–N with tert-alkyl or cyclic N) is 1. The molecular weight excluding hydrogens is 150 g/mol. The first kappa shape index (κ1) is 10.2. The van der Waals surface area contributed by atoms with Gasteiger partial charge in [-0.1, -0.05) is 6.92 Å². The van der Waals surface area contributed by atoms with E-state index in [9.17, 15) is 5.11 Å². The normalized spacial score (nSPS) is 40.5. The number of rotatable bonds is 0. The van der Waals surface area contributed by atoms with Gasteiger partial charge in [0.25, 0.3) is 0 Å². The van der Waals surface area contributed by atoms with Crippen molar-refractivity contribution in [2.45, 2.75) is 25.9 Å². The quantitative estimate of drug-likeness (QED) is 0.557. The molecule has 0 unspecified atom stereocenters. The van der Waals surface area contributed by atoms with Crippen molar-refractivity contribution in [1.29, 1.82) is 0 Å². The van der Waals surface area contributed by atoms with Crippen LogP contribution < -0.4 is 5.32 Å². The summed E-state index contributed by atoms with van der Waals surface area (Å²) >= 11 is 0. The summed E-state index contributed by atoms with van der Waals surface area (Å²) in [6.45, 7) is 5.79. The summed E-state index contributed by atoms with van der Waals surface area (Å²) in [5, 5.41) is 12.7. The van der Waals surface area contributed by atoms with Crippen molar-refractivity contribution in [1.82, 2.24) is 5.32 Å². The maximum absolute atomic E-state index is 9.58. The van der Waals surface area contributed by atoms with Gasteiger partial charge in [0.2, 0.25) is 0 Å². The van der Waals surface area contributed by atoms with E-state index in [4.69, 9.17) is 0 Å². The van der Waals surface area contributed by atoms with Crippen LogP contribution in [0.2, 0.25) is 0 Å². The molecule has 0 aromatic rings. The van der Waals surface area contributed by atoms with E-state index in [2.05, 4.69) is 12.2 Å². The first-order chi connectivity index (χ1) is 4.13. The van der Waals surface area contributed by atoms with Crippen LogP contribution in [0.1, 0.15) is 20.3 Å². The van der Waals surface area contributed by atoms with Crippen LogP contribution in [0.25, 0.3) is 0 Å². The summed E-state index contributed by atoms with van der Waals surface area (Å²) in [6.07, 6.45) is 1.09. The zero-order chi connectivity index (χ0) is 6.91. The van der Waals surface area contributed by atoms with E-state index in [0.29, 0.717) is 5.92 Å². The Balaban J connectivity index is 0.000000810. The molecule has 0 aromatic carbocycles. The van der Waals surface area contributed by atoms with Gasteiger partial charge < -0.3 is 10.4 Å². The molecule has 1 fully saturated rings. The minimum atomic E-state index is -0.474. The average molecular weight is 166 g/mol. The second kappa shape index (κ2) is 3.56. The third kappa shape index (κ3) is 2.11. The van der Waals surface area contributed by atoms with E-state index in [1.54, 1.807) is 0 Å². The van der Waals surface area contributed by atoms with E-state index in [1.807, 2.05) is 6.92 Å². The molecule has 1 aliphatic rings. The Morgan fingerprint density at radius 3 is 2.50 bits per heavy atom. The summed E-state index contributed by atoms with van der Waals surface area (Å²) in [6, 6.07) is 0. The van der Waals surface area contributed by atoms with Gasteiger partial charge >= 0.3 is 0 Å². The van der Waals surface area contributed by atoms with Gasteiger partial charge in [-0.15, -0.1) is 12.4 Å². The predicted octanol–water partition coefficient (Wildman–Crippen LogP) is 0.789. The first-order valence-electron chi connectivity index (χ1n) is 3.56. The zero-order valence-corrected chi connectivity index (χ0v) is 7.37. The molecule has 2 N–H and O–H groups in total. The van der Waals surface area contributed by atoms with Gasteiger partial charge in [-0.25, -0.2) is 0 Å². The lowest BCUT2D eigenvalue weighted by atomic mass is 9.85. The number of hydrogen-bond donors (Lipinski definition) is 2. The number of piperidine rings is 1. The minimum Gasteiger partial charge on any atom is -0.389 e. The SMILES string of the molecule is C[C@H]1CCNC[C@]1(C)O.Cl. The molecule has 0 aliphatic carbocycles. The number of hydrogen-bond acceptors (Lipinski definition) is 2. The third-order valence-electron chi connectivity index (χ3n) is 2.30. The fourth-order valence-electron chi connectivity index (χ4n) is 1.15. The van der Waals surface area contributed by atoms with Gasteiger partial charge in [0.15, 0.2) is 0 Å². The van der Waals surface area contributed by atoms with Gasteiger partial charge in [0, 0.05) is 6.54 Å². The molecule has 1 rings (SSSR count). The standard InChI is InChI=1S/C7H15NO.ClH/c1-6-3-4-8-5-7(6,2)9;/h6,8-9H,3-5H2,1-2H3;1H/t6-,7-;/m0./s1. The number of nitrogens with one attached hydrogen (secondary N) is 1. The van der Waals surface area contributed by atoms with E-state index < -0.39 is 5.60 Å². The minimum absolute atomic E-state index is 0. The number of halogens is 1. The highest BCUT2D eigenvalue weighted by atomic mass is 35.5. The van der Waals surface area contributed by atoms with Gasteiger partial charge in [-0.3, -0.25) is 0 Å². The molecule has 0 bridgehead atoms. The largest absolute Gasteiger partial charge is 0.389 e. The summed E-state index contributed by atoms with van der Waals surface area (Å²) in [4.78, 5) is 0. The summed E-state index contributed by atoms with van der Waals surface area (Å²) in [7, 11) is 0. The maximum atomic E-state index is 9.58. The molecule has 62 valence electrons. The van der Waals surface area contributed by atoms with Crippen LogP contribution in [0.5, 0.6) is 0 Å². The third-order valence-corrected chi connectivity index (χ3v) is 2.30. The van der Waals surface area contributed by atoms with Crippen molar-refractivity contribution in [3.05, 3.63) is 0 Å². The fourth-order valence-corrected chi connectivity index (χ4v) is 1.15. The monoisotopic (exact) mass is 165 g/mol. The zero-order valence-electron chi connectivity index (χ0n) is 6.55. The van der Waals surface area contributed by atoms with Gasteiger partial charge in [-0.05, 0) is 25.8 Å². The lowest BCUT2D eigenvalue weighted by Gasteiger charge is -2.35. The molecule has 2 nitrogen and oxygen atoms in total. The van der Waals surface area contributed by atoms with Crippen molar-refractivity contribution >= 4 is 12.4 Å². The molecule has 1 saturated heterocycles. The fraction of sp³-hybridized carbons (Fsp3) is 1.00. The Morgan fingerprint density at radius 2 is 2.20 bits per heavy atom. The van der Waals surface area contributed by atoms with Crippen LogP contribution in [0.4, 0.5) is 0 Å². The topological polar surface area (TPSA) is 32.3 Å². The molecule has 1 heterocycles. The Morgan fingerprint density at radius 1 is 1.60 bits per heavy atom. The molecule has 0 radical (unpaired) electrons. The molecule has 2 atom stereocenters. The molecule has 0 amide bonds. The smallest absolute Gasteiger partial charge is 0.0769 e. The summed E-state index contributed by atoms with van der Waals surface area (Å²) in [5.74, 6) is 0.443. The molecule has 0 spiro atoms. The van der Waals surface area contributed by atoms with Crippen LogP contribution in [0.15, 0.2) is 0 Å². The van der Waals surface area contributed by atoms with Crippen molar-refractivity contribution in [3.63, 3.8) is 0 Å².